The summed E-state index contributed by atoms with van der Waals surface area (Å²) in [5.41, 5.74) is -0.0282. The van der Waals surface area contributed by atoms with Gasteiger partial charge in [-0.2, -0.15) is 0 Å². The third kappa shape index (κ3) is 5.20. The quantitative estimate of drug-likeness (QED) is 0.566. The molecule has 0 aromatic heterocycles. The highest BCUT2D eigenvalue weighted by molar-refractivity contribution is 7.89. The van der Waals surface area contributed by atoms with Gasteiger partial charge in [0.2, 0.25) is 10.0 Å². The second-order valence-corrected chi connectivity index (χ2v) is 7.14. The first kappa shape index (κ1) is 19.3. The van der Waals surface area contributed by atoms with Crippen molar-refractivity contribution >= 4 is 10.0 Å². The van der Waals surface area contributed by atoms with Gasteiger partial charge in [-0.05, 0) is 48.4 Å². The van der Waals surface area contributed by atoms with Crippen molar-refractivity contribution in [1.29, 1.82) is 0 Å². The fraction of sp³-hybridized carbons (Fsp3) is 0.294. The summed E-state index contributed by atoms with van der Waals surface area (Å²) < 4.78 is 71.3. The van der Waals surface area contributed by atoms with Crippen molar-refractivity contribution < 1.29 is 26.3 Å². The lowest BCUT2D eigenvalue weighted by Gasteiger charge is -2.09. The van der Waals surface area contributed by atoms with E-state index in [1.807, 2.05) is 6.92 Å². The molecule has 0 aliphatic carbocycles. The maximum absolute atomic E-state index is 13.1. The van der Waals surface area contributed by atoms with Crippen LogP contribution in [0, 0.1) is 17.5 Å². The number of rotatable bonds is 8. The zero-order valence-electron chi connectivity index (χ0n) is 13.6. The molecule has 0 aliphatic heterocycles. The largest absolute Gasteiger partial charge is 0.494 e. The molecule has 4 nitrogen and oxygen atoms in total. The molecule has 2 aromatic carbocycles. The van der Waals surface area contributed by atoms with Gasteiger partial charge in [0.25, 0.3) is 0 Å². The van der Waals surface area contributed by atoms with Crippen LogP contribution in [0.4, 0.5) is 13.2 Å². The lowest BCUT2D eigenvalue weighted by Crippen LogP contribution is -2.23. The Balaban J connectivity index is 2.04. The van der Waals surface area contributed by atoms with Gasteiger partial charge in [-0.25, -0.2) is 26.3 Å². The van der Waals surface area contributed by atoms with Crippen LogP contribution in [0.2, 0.25) is 0 Å². The molecule has 2 aromatic rings. The molecule has 0 spiro atoms. The van der Waals surface area contributed by atoms with E-state index >= 15 is 0 Å². The molecule has 0 bridgehead atoms. The molecule has 25 heavy (non-hydrogen) atoms. The summed E-state index contributed by atoms with van der Waals surface area (Å²) in [6.07, 6.45) is 1.88. The zero-order chi connectivity index (χ0) is 18.4. The zero-order valence-corrected chi connectivity index (χ0v) is 14.4. The van der Waals surface area contributed by atoms with E-state index in [0.29, 0.717) is 12.4 Å². The van der Waals surface area contributed by atoms with Crippen LogP contribution >= 0.6 is 0 Å². The Labute approximate surface area is 144 Å². The monoisotopic (exact) mass is 373 g/mol. The number of hydrogen-bond acceptors (Lipinski definition) is 3. The first-order chi connectivity index (χ1) is 11.8. The lowest BCUT2D eigenvalue weighted by molar-refractivity contribution is 0.309. The van der Waals surface area contributed by atoms with Crippen LogP contribution in [-0.4, -0.2) is 15.0 Å². The smallest absolute Gasteiger partial charge is 0.240 e. The van der Waals surface area contributed by atoms with Gasteiger partial charge in [0.15, 0.2) is 17.5 Å². The van der Waals surface area contributed by atoms with Gasteiger partial charge in [-0.3, -0.25) is 0 Å². The fourth-order valence-electron chi connectivity index (χ4n) is 2.02. The molecule has 0 aliphatic rings. The minimum Gasteiger partial charge on any atom is -0.494 e. The molecule has 0 heterocycles. The number of unbranched alkanes of at least 4 members (excludes halogenated alkanes) is 1. The van der Waals surface area contributed by atoms with E-state index in [2.05, 4.69) is 4.72 Å². The van der Waals surface area contributed by atoms with Gasteiger partial charge in [-0.15, -0.1) is 0 Å². The van der Waals surface area contributed by atoms with Crippen molar-refractivity contribution in [2.75, 3.05) is 6.61 Å². The van der Waals surface area contributed by atoms with Gasteiger partial charge in [0, 0.05) is 6.54 Å². The summed E-state index contributed by atoms with van der Waals surface area (Å²) in [7, 11) is -3.88. The minimum atomic E-state index is -3.88. The number of halogens is 3. The second-order valence-electron chi connectivity index (χ2n) is 5.37. The normalized spacial score (nSPS) is 11.5. The summed E-state index contributed by atoms with van der Waals surface area (Å²) in [5.74, 6) is -3.79. The molecule has 0 saturated heterocycles. The van der Waals surface area contributed by atoms with Crippen LogP contribution in [0.15, 0.2) is 41.3 Å². The van der Waals surface area contributed by atoms with Gasteiger partial charge in [0.1, 0.15) is 5.75 Å². The molecule has 0 radical (unpaired) electrons. The molecule has 1 N–H and O–H groups in total. The van der Waals surface area contributed by atoms with Crippen molar-refractivity contribution in [3.8, 4) is 5.75 Å². The van der Waals surface area contributed by atoms with E-state index in [4.69, 9.17) is 4.74 Å². The number of ether oxygens (including phenoxy) is 1. The molecule has 8 heteroatoms. The highest BCUT2D eigenvalue weighted by Crippen LogP contribution is 2.18. The van der Waals surface area contributed by atoms with Gasteiger partial charge >= 0.3 is 0 Å². The van der Waals surface area contributed by atoms with E-state index in [0.717, 1.165) is 25.0 Å². The minimum absolute atomic E-state index is 0.0154. The molecular weight excluding hydrogens is 355 g/mol. The van der Waals surface area contributed by atoms with E-state index < -0.39 is 27.5 Å². The first-order valence-electron chi connectivity index (χ1n) is 7.69. The highest BCUT2D eigenvalue weighted by atomic mass is 32.2. The Kier molecular flexibility index (Phi) is 6.44. The number of sulfonamides is 1. The average molecular weight is 373 g/mol. The Morgan fingerprint density at radius 2 is 1.64 bits per heavy atom. The Bertz CT molecular complexity index is 801. The van der Waals surface area contributed by atoms with Gasteiger partial charge in [0.05, 0.1) is 11.5 Å². The predicted octanol–water partition coefficient (Wildman–Crippen LogP) is 3.76. The van der Waals surface area contributed by atoms with Crippen molar-refractivity contribution in [2.24, 2.45) is 0 Å². The van der Waals surface area contributed by atoms with Crippen molar-refractivity contribution in [3.05, 3.63) is 59.4 Å². The molecular formula is C17H18F3NO3S. The van der Waals surface area contributed by atoms with E-state index in [-0.39, 0.29) is 17.0 Å². The Hall–Kier alpha value is -2.06. The molecule has 0 saturated carbocycles. The maximum atomic E-state index is 13.1. The van der Waals surface area contributed by atoms with Crippen LogP contribution in [0.5, 0.6) is 5.75 Å². The summed E-state index contributed by atoms with van der Waals surface area (Å²) >= 11 is 0. The summed E-state index contributed by atoms with van der Waals surface area (Å²) in [5, 5.41) is 0. The van der Waals surface area contributed by atoms with Crippen LogP contribution in [0.1, 0.15) is 25.3 Å². The van der Waals surface area contributed by atoms with Crippen molar-refractivity contribution in [1.82, 2.24) is 4.72 Å². The maximum Gasteiger partial charge on any atom is 0.240 e. The Morgan fingerprint density at radius 1 is 1.04 bits per heavy atom. The van der Waals surface area contributed by atoms with Crippen LogP contribution < -0.4 is 9.46 Å². The summed E-state index contributed by atoms with van der Waals surface area (Å²) in [6.45, 7) is 2.21. The first-order valence-corrected chi connectivity index (χ1v) is 9.17. The number of hydrogen-bond donors (Lipinski definition) is 1. The second kappa shape index (κ2) is 8.35. The topological polar surface area (TPSA) is 55.4 Å². The third-order valence-electron chi connectivity index (χ3n) is 3.41. The Morgan fingerprint density at radius 3 is 2.20 bits per heavy atom. The third-order valence-corrected chi connectivity index (χ3v) is 4.83. The van der Waals surface area contributed by atoms with Crippen molar-refractivity contribution in [3.63, 3.8) is 0 Å². The molecule has 0 fully saturated rings. The highest BCUT2D eigenvalue weighted by Gasteiger charge is 2.16. The average Bonchev–Trinajstić information content (AvgIpc) is 2.58. The molecule has 0 atom stereocenters. The SMILES string of the molecule is CCCCOc1ccc(S(=O)(=O)NCc2cc(F)c(F)c(F)c2)cc1. The van der Waals surface area contributed by atoms with Crippen LogP contribution in [0.25, 0.3) is 0 Å². The van der Waals surface area contributed by atoms with Crippen LogP contribution in [-0.2, 0) is 16.6 Å². The van der Waals surface area contributed by atoms with E-state index in [1.54, 1.807) is 0 Å². The number of nitrogens with one attached hydrogen (secondary N) is 1. The lowest BCUT2D eigenvalue weighted by atomic mass is 10.2. The molecule has 136 valence electrons. The fourth-order valence-corrected chi connectivity index (χ4v) is 3.04. The summed E-state index contributed by atoms with van der Waals surface area (Å²) in [4.78, 5) is -0.0154. The molecule has 0 amide bonds. The molecule has 0 unspecified atom stereocenters. The standard InChI is InChI=1S/C17H18F3NO3S/c1-2-3-8-24-13-4-6-14(7-5-13)25(22,23)21-11-12-9-15(18)17(20)16(19)10-12/h4-7,9-10,21H,2-3,8,11H2,1H3. The van der Waals surface area contributed by atoms with Gasteiger partial charge < -0.3 is 4.74 Å². The van der Waals surface area contributed by atoms with Gasteiger partial charge in [-0.1, -0.05) is 13.3 Å². The van der Waals surface area contributed by atoms with Crippen LogP contribution in [0.3, 0.4) is 0 Å². The van der Waals surface area contributed by atoms with E-state index in [9.17, 15) is 21.6 Å². The summed E-state index contributed by atoms with van der Waals surface area (Å²) in [6, 6.07) is 7.28. The van der Waals surface area contributed by atoms with E-state index in [1.165, 1.54) is 24.3 Å². The van der Waals surface area contributed by atoms with Crippen molar-refractivity contribution in [2.45, 2.75) is 31.2 Å². The predicted molar refractivity (Wildman–Crippen MR) is 87.2 cm³/mol. The number of benzene rings is 2. The molecule has 2 rings (SSSR count).